The molecule has 1 saturated carbocycles. The summed E-state index contributed by atoms with van der Waals surface area (Å²) in [5.41, 5.74) is 8.32. The Kier molecular flexibility index (Phi) is 5.15. The molecular weight excluding hydrogens is 420 g/mol. The number of rotatable bonds is 6. The van der Waals surface area contributed by atoms with Crippen molar-refractivity contribution in [1.29, 1.82) is 0 Å². The van der Waals surface area contributed by atoms with Crippen LogP contribution >= 0.6 is 0 Å². The number of aryl methyl sites for hydroxylation is 1. The highest BCUT2D eigenvalue weighted by Gasteiger charge is 2.23. The number of aromatic nitrogens is 3. The van der Waals surface area contributed by atoms with Crippen LogP contribution in [0.15, 0.2) is 95.8 Å². The lowest BCUT2D eigenvalue weighted by atomic mass is 10.0. The van der Waals surface area contributed by atoms with Crippen molar-refractivity contribution in [2.24, 2.45) is 0 Å². The first-order valence-electron chi connectivity index (χ1n) is 11.6. The van der Waals surface area contributed by atoms with Gasteiger partial charge in [0.15, 0.2) is 5.76 Å². The van der Waals surface area contributed by atoms with Crippen molar-refractivity contribution in [3.8, 4) is 33.7 Å². The number of anilines is 2. The van der Waals surface area contributed by atoms with Crippen molar-refractivity contribution < 1.29 is 4.52 Å². The minimum Gasteiger partial charge on any atom is -0.354 e. The minimum absolute atomic E-state index is 0.698. The predicted molar refractivity (Wildman–Crippen MR) is 135 cm³/mol. The van der Waals surface area contributed by atoms with E-state index in [-0.39, 0.29) is 0 Å². The van der Waals surface area contributed by atoms with E-state index in [1.807, 2.05) is 37.3 Å². The second-order valence-corrected chi connectivity index (χ2v) is 8.71. The Balaban J connectivity index is 1.26. The maximum absolute atomic E-state index is 5.71. The van der Waals surface area contributed by atoms with Crippen LogP contribution in [0.2, 0.25) is 0 Å². The van der Waals surface area contributed by atoms with E-state index >= 15 is 0 Å². The molecule has 1 fully saturated rings. The molecule has 2 aromatic carbocycles. The number of nitrogens with zero attached hydrogens (tertiary/aromatic N) is 3. The molecule has 5 nitrogen and oxygen atoms in total. The van der Waals surface area contributed by atoms with Crippen molar-refractivity contribution >= 4 is 11.5 Å². The molecule has 0 saturated heterocycles. The summed E-state index contributed by atoms with van der Waals surface area (Å²) in [7, 11) is 0. The lowest BCUT2D eigenvalue weighted by molar-refractivity contribution is 0.427. The highest BCUT2D eigenvalue weighted by molar-refractivity contribution is 5.79. The van der Waals surface area contributed by atoms with Gasteiger partial charge in [0.05, 0.1) is 5.69 Å². The van der Waals surface area contributed by atoms with E-state index < -0.39 is 0 Å². The van der Waals surface area contributed by atoms with Gasteiger partial charge in [-0.05, 0) is 66.6 Å². The van der Waals surface area contributed by atoms with Crippen molar-refractivity contribution in [3.05, 3.63) is 103 Å². The van der Waals surface area contributed by atoms with Gasteiger partial charge in [0.1, 0.15) is 17.2 Å². The Hall–Kier alpha value is -4.25. The summed E-state index contributed by atoms with van der Waals surface area (Å²) >= 11 is 0. The average Bonchev–Trinajstić information content (AvgIpc) is 3.69. The van der Waals surface area contributed by atoms with Gasteiger partial charge in [-0.3, -0.25) is 4.98 Å². The van der Waals surface area contributed by atoms with Crippen LogP contribution in [0.1, 0.15) is 30.0 Å². The number of hydrogen-bond donors (Lipinski definition) is 1. The molecule has 0 aliphatic heterocycles. The first kappa shape index (κ1) is 20.4. The van der Waals surface area contributed by atoms with Crippen LogP contribution < -0.4 is 5.32 Å². The Morgan fingerprint density at radius 2 is 1.44 bits per heavy atom. The molecule has 6 rings (SSSR count). The summed E-state index contributed by atoms with van der Waals surface area (Å²) < 4.78 is 5.71. The molecule has 34 heavy (non-hydrogen) atoms. The molecule has 166 valence electrons. The molecule has 1 aliphatic rings. The van der Waals surface area contributed by atoms with Gasteiger partial charge >= 0.3 is 0 Å². The summed E-state index contributed by atoms with van der Waals surface area (Å²) in [6, 6.07) is 27.2. The zero-order chi connectivity index (χ0) is 22.9. The number of hydrogen-bond acceptors (Lipinski definition) is 5. The van der Waals surface area contributed by atoms with Gasteiger partial charge in [-0.1, -0.05) is 59.8 Å². The number of nitrogens with one attached hydrogen (secondary N) is 1. The summed E-state index contributed by atoms with van der Waals surface area (Å²) in [6.07, 6.45) is 6.18. The molecule has 0 amide bonds. The Labute approximate surface area is 198 Å². The molecule has 0 radical (unpaired) electrons. The highest BCUT2D eigenvalue weighted by Crippen LogP contribution is 2.40. The normalized spacial score (nSPS) is 13.1. The van der Waals surface area contributed by atoms with E-state index in [0.717, 1.165) is 39.9 Å². The molecule has 3 aromatic heterocycles. The maximum atomic E-state index is 5.71. The van der Waals surface area contributed by atoms with Gasteiger partial charge < -0.3 is 9.84 Å². The van der Waals surface area contributed by atoms with E-state index in [4.69, 9.17) is 9.51 Å². The standard InChI is InChI=1S/C29H24N4O/c1-19-28(32-27-4-2-3-26(31-27)24-15-17-30-18-16-24)29(34-33-19)25-13-11-23(12-14-25)22-9-7-21(8-10-22)20-5-6-20/h2-4,7-18,20H,5-6H2,1H3,(H,31,32). The van der Waals surface area contributed by atoms with Crippen LogP contribution in [0.4, 0.5) is 11.5 Å². The lowest BCUT2D eigenvalue weighted by Crippen LogP contribution is -1.97. The fourth-order valence-electron chi connectivity index (χ4n) is 4.21. The third kappa shape index (κ3) is 4.08. The molecule has 0 bridgehead atoms. The first-order chi connectivity index (χ1) is 16.7. The van der Waals surface area contributed by atoms with E-state index in [0.29, 0.717) is 5.76 Å². The SMILES string of the molecule is Cc1noc(-c2ccc(-c3ccc(C4CC4)cc3)cc2)c1Nc1cccc(-c2ccncc2)n1. The number of benzene rings is 2. The summed E-state index contributed by atoms with van der Waals surface area (Å²) in [6.45, 7) is 1.93. The molecule has 3 heterocycles. The fraction of sp³-hybridized carbons (Fsp3) is 0.138. The molecule has 1 aliphatic carbocycles. The molecule has 5 heteroatoms. The monoisotopic (exact) mass is 444 g/mol. The average molecular weight is 445 g/mol. The van der Waals surface area contributed by atoms with Crippen molar-refractivity contribution in [1.82, 2.24) is 15.1 Å². The summed E-state index contributed by atoms with van der Waals surface area (Å²) in [5, 5.41) is 7.62. The zero-order valence-electron chi connectivity index (χ0n) is 18.9. The molecule has 0 atom stereocenters. The quantitative estimate of drug-likeness (QED) is 0.296. The van der Waals surface area contributed by atoms with Gasteiger partial charge in [0, 0.05) is 23.5 Å². The van der Waals surface area contributed by atoms with Crippen molar-refractivity contribution in [3.63, 3.8) is 0 Å². The first-order valence-corrected chi connectivity index (χ1v) is 11.6. The van der Waals surface area contributed by atoms with Gasteiger partial charge in [0.2, 0.25) is 0 Å². The topological polar surface area (TPSA) is 63.8 Å². The van der Waals surface area contributed by atoms with E-state index in [9.17, 15) is 0 Å². The maximum Gasteiger partial charge on any atom is 0.190 e. The third-order valence-electron chi connectivity index (χ3n) is 6.28. The molecule has 0 spiro atoms. The van der Waals surface area contributed by atoms with E-state index in [1.54, 1.807) is 12.4 Å². The zero-order valence-corrected chi connectivity index (χ0v) is 18.9. The smallest absolute Gasteiger partial charge is 0.190 e. The Morgan fingerprint density at radius 3 is 2.15 bits per heavy atom. The molecular formula is C29H24N4O. The van der Waals surface area contributed by atoms with Crippen LogP contribution in [0, 0.1) is 6.92 Å². The minimum atomic E-state index is 0.698. The second-order valence-electron chi connectivity index (χ2n) is 8.71. The Bertz CT molecular complexity index is 1420. The third-order valence-corrected chi connectivity index (χ3v) is 6.28. The fourth-order valence-corrected chi connectivity index (χ4v) is 4.21. The predicted octanol–water partition coefficient (Wildman–Crippen LogP) is 7.40. The van der Waals surface area contributed by atoms with Crippen molar-refractivity contribution in [2.75, 3.05) is 5.32 Å². The lowest BCUT2D eigenvalue weighted by Gasteiger charge is -2.09. The van der Waals surface area contributed by atoms with Gasteiger partial charge in [-0.2, -0.15) is 0 Å². The summed E-state index contributed by atoms with van der Waals surface area (Å²) in [4.78, 5) is 8.85. The van der Waals surface area contributed by atoms with Crippen LogP contribution in [0.5, 0.6) is 0 Å². The summed E-state index contributed by atoms with van der Waals surface area (Å²) in [5.74, 6) is 2.20. The van der Waals surface area contributed by atoms with Gasteiger partial charge in [-0.15, -0.1) is 0 Å². The highest BCUT2D eigenvalue weighted by atomic mass is 16.5. The van der Waals surface area contributed by atoms with Crippen LogP contribution in [0.25, 0.3) is 33.7 Å². The molecule has 0 unspecified atom stereocenters. The Morgan fingerprint density at radius 1 is 0.765 bits per heavy atom. The van der Waals surface area contributed by atoms with E-state index in [2.05, 4.69) is 64.0 Å². The molecule has 1 N–H and O–H groups in total. The van der Waals surface area contributed by atoms with Crippen molar-refractivity contribution in [2.45, 2.75) is 25.7 Å². The van der Waals surface area contributed by atoms with Crippen LogP contribution in [0.3, 0.4) is 0 Å². The number of pyridine rings is 2. The van der Waals surface area contributed by atoms with Crippen LogP contribution in [-0.2, 0) is 0 Å². The van der Waals surface area contributed by atoms with Crippen LogP contribution in [-0.4, -0.2) is 15.1 Å². The second kappa shape index (κ2) is 8.60. The van der Waals surface area contributed by atoms with Gasteiger partial charge in [0.25, 0.3) is 0 Å². The largest absolute Gasteiger partial charge is 0.354 e. The van der Waals surface area contributed by atoms with Gasteiger partial charge in [-0.25, -0.2) is 4.98 Å². The van der Waals surface area contributed by atoms with E-state index in [1.165, 1.54) is 29.5 Å². The molecule has 5 aromatic rings.